The first-order valence-electron chi connectivity index (χ1n) is 7.88. The number of hydrogen-bond donors (Lipinski definition) is 1. The lowest BCUT2D eigenvalue weighted by Crippen LogP contribution is -2.58. The molecule has 1 aromatic carbocycles. The number of rotatable bonds is 1. The molecular formula is C17H25N3O. The number of fused-ring (bicyclic) bond motifs is 1. The van der Waals surface area contributed by atoms with Crippen LogP contribution in [0.25, 0.3) is 0 Å². The summed E-state index contributed by atoms with van der Waals surface area (Å²) in [6.45, 7) is 6.84. The monoisotopic (exact) mass is 287 g/mol. The predicted octanol–water partition coefficient (Wildman–Crippen LogP) is 1.82. The molecule has 1 amide bonds. The molecular weight excluding hydrogens is 262 g/mol. The van der Waals surface area contributed by atoms with Crippen molar-refractivity contribution in [1.29, 1.82) is 0 Å². The van der Waals surface area contributed by atoms with Crippen molar-refractivity contribution >= 4 is 11.6 Å². The molecule has 0 aromatic heterocycles. The molecule has 114 valence electrons. The molecule has 0 spiro atoms. The molecule has 0 saturated carbocycles. The summed E-state index contributed by atoms with van der Waals surface area (Å²) >= 11 is 0. The van der Waals surface area contributed by atoms with Gasteiger partial charge in [-0.25, -0.2) is 0 Å². The van der Waals surface area contributed by atoms with E-state index in [9.17, 15) is 4.79 Å². The zero-order chi connectivity index (χ0) is 15.0. The number of hydrogen-bond acceptors (Lipinski definition) is 3. The van der Waals surface area contributed by atoms with Crippen LogP contribution in [-0.2, 0) is 11.2 Å². The maximum absolute atomic E-state index is 12.8. The summed E-state index contributed by atoms with van der Waals surface area (Å²) in [6.07, 6.45) is 0.858. The minimum Gasteiger partial charge on any atom is -0.384 e. The van der Waals surface area contributed by atoms with Crippen molar-refractivity contribution in [2.24, 2.45) is 5.92 Å². The van der Waals surface area contributed by atoms with Gasteiger partial charge in [-0.2, -0.15) is 0 Å². The minimum absolute atomic E-state index is 0.0720. The van der Waals surface area contributed by atoms with Gasteiger partial charge in [0, 0.05) is 37.4 Å². The topological polar surface area (TPSA) is 35.6 Å². The molecule has 4 heteroatoms. The molecule has 3 unspecified atom stereocenters. The van der Waals surface area contributed by atoms with Crippen LogP contribution in [0.4, 0.5) is 5.69 Å². The fraction of sp³-hybridized carbons (Fsp3) is 0.588. The van der Waals surface area contributed by atoms with Crippen molar-refractivity contribution in [3.63, 3.8) is 0 Å². The van der Waals surface area contributed by atoms with E-state index in [2.05, 4.69) is 48.1 Å². The summed E-state index contributed by atoms with van der Waals surface area (Å²) in [5.74, 6) is 0.381. The summed E-state index contributed by atoms with van der Waals surface area (Å²) in [5.41, 5.74) is 2.44. The average Bonchev–Trinajstić information content (AvgIpc) is 2.51. The summed E-state index contributed by atoms with van der Waals surface area (Å²) in [5, 5.41) is 3.41. The molecule has 0 aliphatic carbocycles. The number of benzene rings is 1. The normalized spacial score (nSPS) is 29.7. The van der Waals surface area contributed by atoms with E-state index in [1.165, 1.54) is 11.3 Å². The molecule has 2 aliphatic rings. The fourth-order valence-corrected chi connectivity index (χ4v) is 3.46. The van der Waals surface area contributed by atoms with Crippen molar-refractivity contribution in [2.75, 3.05) is 32.0 Å². The van der Waals surface area contributed by atoms with Crippen LogP contribution >= 0.6 is 0 Å². The van der Waals surface area contributed by atoms with Crippen LogP contribution in [0, 0.1) is 5.92 Å². The number of para-hydroxylation sites is 1. The van der Waals surface area contributed by atoms with E-state index < -0.39 is 0 Å². The minimum atomic E-state index is 0.0720. The SMILES string of the molecule is CC1CN(C(=O)C2CNc3ccccc3C2)CC(C)N1C. The zero-order valence-electron chi connectivity index (χ0n) is 13.2. The Morgan fingerprint density at radius 3 is 2.57 bits per heavy atom. The van der Waals surface area contributed by atoms with Gasteiger partial charge in [-0.15, -0.1) is 0 Å². The molecule has 21 heavy (non-hydrogen) atoms. The Hall–Kier alpha value is -1.55. The standard InChI is InChI=1S/C17H25N3O/c1-12-10-20(11-13(2)19(12)3)17(21)15-8-14-6-4-5-7-16(14)18-9-15/h4-7,12-13,15,18H,8-11H2,1-3H3. The van der Waals surface area contributed by atoms with Gasteiger partial charge < -0.3 is 10.2 Å². The molecule has 4 nitrogen and oxygen atoms in total. The highest BCUT2D eigenvalue weighted by molar-refractivity contribution is 5.81. The van der Waals surface area contributed by atoms with Gasteiger partial charge in [0.1, 0.15) is 0 Å². The Kier molecular flexibility index (Phi) is 3.89. The van der Waals surface area contributed by atoms with Gasteiger partial charge in [0.25, 0.3) is 0 Å². The quantitative estimate of drug-likeness (QED) is 0.856. The average molecular weight is 287 g/mol. The molecule has 2 aliphatic heterocycles. The van der Waals surface area contributed by atoms with Gasteiger partial charge in [0.05, 0.1) is 5.92 Å². The van der Waals surface area contributed by atoms with Crippen molar-refractivity contribution in [1.82, 2.24) is 9.80 Å². The number of amides is 1. The molecule has 0 bridgehead atoms. The summed E-state index contributed by atoms with van der Waals surface area (Å²) in [6, 6.07) is 9.17. The first-order valence-corrected chi connectivity index (χ1v) is 7.88. The number of nitrogens with one attached hydrogen (secondary N) is 1. The number of carbonyl (C=O) groups excluding carboxylic acids is 1. The van der Waals surface area contributed by atoms with Gasteiger partial charge in [-0.1, -0.05) is 18.2 Å². The molecule has 0 radical (unpaired) electrons. The lowest BCUT2D eigenvalue weighted by atomic mass is 9.92. The van der Waals surface area contributed by atoms with Crippen molar-refractivity contribution in [3.8, 4) is 0 Å². The van der Waals surface area contributed by atoms with Crippen molar-refractivity contribution < 1.29 is 4.79 Å². The van der Waals surface area contributed by atoms with Gasteiger partial charge in [-0.3, -0.25) is 9.69 Å². The van der Waals surface area contributed by atoms with Crippen LogP contribution in [0.2, 0.25) is 0 Å². The molecule has 1 fully saturated rings. The Balaban J connectivity index is 1.69. The number of carbonyl (C=O) groups is 1. The Morgan fingerprint density at radius 2 is 1.86 bits per heavy atom. The lowest BCUT2D eigenvalue weighted by molar-refractivity contribution is -0.139. The highest BCUT2D eigenvalue weighted by atomic mass is 16.2. The smallest absolute Gasteiger partial charge is 0.227 e. The fourth-order valence-electron chi connectivity index (χ4n) is 3.46. The van der Waals surface area contributed by atoms with Crippen LogP contribution in [0.15, 0.2) is 24.3 Å². The zero-order valence-corrected chi connectivity index (χ0v) is 13.2. The number of nitrogens with zero attached hydrogens (tertiary/aromatic N) is 2. The largest absolute Gasteiger partial charge is 0.384 e. The van der Waals surface area contributed by atoms with Crippen LogP contribution in [-0.4, -0.2) is 54.5 Å². The highest BCUT2D eigenvalue weighted by Gasteiger charge is 2.34. The van der Waals surface area contributed by atoms with Crippen LogP contribution in [0.1, 0.15) is 19.4 Å². The number of piperazine rings is 1. The van der Waals surface area contributed by atoms with E-state index in [1.807, 2.05) is 12.1 Å². The Morgan fingerprint density at radius 1 is 1.19 bits per heavy atom. The third-order valence-corrected chi connectivity index (χ3v) is 5.04. The number of anilines is 1. The molecule has 3 atom stereocenters. The second-order valence-corrected chi connectivity index (χ2v) is 6.55. The van der Waals surface area contributed by atoms with E-state index in [0.29, 0.717) is 18.0 Å². The molecule has 2 heterocycles. The van der Waals surface area contributed by atoms with E-state index in [1.54, 1.807) is 0 Å². The van der Waals surface area contributed by atoms with Crippen LogP contribution in [0.3, 0.4) is 0 Å². The third-order valence-electron chi connectivity index (χ3n) is 5.04. The second-order valence-electron chi connectivity index (χ2n) is 6.55. The number of likely N-dealkylation sites (N-methyl/N-ethyl adjacent to an activating group) is 1. The first kappa shape index (κ1) is 14.4. The summed E-state index contributed by atoms with van der Waals surface area (Å²) < 4.78 is 0. The van der Waals surface area contributed by atoms with Gasteiger partial charge in [0.2, 0.25) is 5.91 Å². The molecule has 1 aromatic rings. The van der Waals surface area contributed by atoms with Crippen molar-refractivity contribution in [3.05, 3.63) is 29.8 Å². The second kappa shape index (κ2) is 5.68. The molecule has 1 N–H and O–H groups in total. The maximum atomic E-state index is 12.8. The first-order chi connectivity index (χ1) is 10.1. The predicted molar refractivity (Wildman–Crippen MR) is 85.4 cm³/mol. The van der Waals surface area contributed by atoms with E-state index in [-0.39, 0.29) is 5.92 Å². The Labute approximate surface area is 127 Å². The third kappa shape index (κ3) is 2.77. The maximum Gasteiger partial charge on any atom is 0.227 e. The van der Waals surface area contributed by atoms with Crippen LogP contribution < -0.4 is 5.32 Å². The van der Waals surface area contributed by atoms with Crippen LogP contribution in [0.5, 0.6) is 0 Å². The van der Waals surface area contributed by atoms with E-state index in [4.69, 9.17) is 0 Å². The van der Waals surface area contributed by atoms with E-state index >= 15 is 0 Å². The van der Waals surface area contributed by atoms with E-state index in [0.717, 1.165) is 26.1 Å². The molecule has 1 saturated heterocycles. The summed E-state index contributed by atoms with van der Waals surface area (Å²) in [4.78, 5) is 17.3. The summed E-state index contributed by atoms with van der Waals surface area (Å²) in [7, 11) is 2.15. The van der Waals surface area contributed by atoms with Crippen molar-refractivity contribution in [2.45, 2.75) is 32.4 Å². The van der Waals surface area contributed by atoms with Gasteiger partial charge >= 0.3 is 0 Å². The Bertz CT molecular complexity index is 519. The van der Waals surface area contributed by atoms with Gasteiger partial charge in [-0.05, 0) is 38.9 Å². The molecule has 3 rings (SSSR count). The van der Waals surface area contributed by atoms with Gasteiger partial charge in [0.15, 0.2) is 0 Å². The lowest BCUT2D eigenvalue weighted by Gasteiger charge is -2.43. The highest BCUT2D eigenvalue weighted by Crippen LogP contribution is 2.26.